The normalized spacial score (nSPS) is 29.5. The molecule has 3 heteroatoms. The lowest BCUT2D eigenvalue weighted by Gasteiger charge is -2.10. The van der Waals surface area contributed by atoms with Crippen LogP contribution in [0.3, 0.4) is 0 Å². The topological polar surface area (TPSA) is 55.5 Å². The van der Waals surface area contributed by atoms with E-state index in [0.717, 1.165) is 38.7 Å². The Morgan fingerprint density at radius 1 is 1.33 bits per heavy atom. The Morgan fingerprint density at radius 3 is 2.75 bits per heavy atom. The van der Waals surface area contributed by atoms with E-state index < -0.39 is 0 Å². The number of aliphatic hydroxyl groups excluding tert-OH is 1. The van der Waals surface area contributed by atoms with Gasteiger partial charge in [0.15, 0.2) is 0 Å². The molecule has 2 atom stereocenters. The van der Waals surface area contributed by atoms with E-state index in [0.29, 0.717) is 12.1 Å². The number of hydrogen-bond acceptors (Lipinski definition) is 3. The zero-order valence-corrected chi connectivity index (χ0v) is 7.54. The highest BCUT2D eigenvalue weighted by atomic mass is 16.5. The van der Waals surface area contributed by atoms with E-state index in [4.69, 9.17) is 15.6 Å². The van der Waals surface area contributed by atoms with Crippen molar-refractivity contribution in [2.75, 3.05) is 13.2 Å². The number of hydrogen-bond donors (Lipinski definition) is 2. The molecule has 72 valence electrons. The average Bonchev–Trinajstić information content (AvgIpc) is 2.45. The molecule has 12 heavy (non-hydrogen) atoms. The van der Waals surface area contributed by atoms with Gasteiger partial charge in [-0.3, -0.25) is 0 Å². The van der Waals surface area contributed by atoms with Gasteiger partial charge >= 0.3 is 0 Å². The first kappa shape index (κ1) is 9.96. The van der Waals surface area contributed by atoms with Crippen molar-refractivity contribution < 1.29 is 9.84 Å². The summed E-state index contributed by atoms with van der Waals surface area (Å²) in [5.41, 5.74) is 5.74. The van der Waals surface area contributed by atoms with E-state index in [2.05, 4.69) is 0 Å². The van der Waals surface area contributed by atoms with Gasteiger partial charge in [-0.25, -0.2) is 0 Å². The van der Waals surface area contributed by atoms with Gasteiger partial charge in [0.25, 0.3) is 0 Å². The SMILES string of the molecule is NC1CCC(OCCCCO)C1. The van der Waals surface area contributed by atoms with Crippen LogP contribution in [0.1, 0.15) is 32.1 Å². The zero-order valence-electron chi connectivity index (χ0n) is 7.54. The largest absolute Gasteiger partial charge is 0.396 e. The van der Waals surface area contributed by atoms with E-state index in [-0.39, 0.29) is 6.61 Å². The molecule has 0 heterocycles. The van der Waals surface area contributed by atoms with Crippen molar-refractivity contribution in [2.45, 2.75) is 44.2 Å². The summed E-state index contributed by atoms with van der Waals surface area (Å²) in [5, 5.41) is 8.52. The van der Waals surface area contributed by atoms with Crippen molar-refractivity contribution in [1.29, 1.82) is 0 Å². The molecule has 0 amide bonds. The summed E-state index contributed by atoms with van der Waals surface area (Å²) in [6, 6.07) is 0.354. The molecule has 0 saturated heterocycles. The summed E-state index contributed by atoms with van der Waals surface area (Å²) in [5.74, 6) is 0. The zero-order chi connectivity index (χ0) is 8.81. The van der Waals surface area contributed by atoms with Gasteiger partial charge in [0.2, 0.25) is 0 Å². The molecule has 3 N–H and O–H groups in total. The van der Waals surface area contributed by atoms with Gasteiger partial charge in [-0.2, -0.15) is 0 Å². The molecule has 1 fully saturated rings. The first-order chi connectivity index (χ1) is 5.83. The molecule has 0 aromatic rings. The highest BCUT2D eigenvalue weighted by molar-refractivity contribution is 4.77. The van der Waals surface area contributed by atoms with Crippen LogP contribution in [0.15, 0.2) is 0 Å². The second kappa shape index (κ2) is 5.51. The lowest BCUT2D eigenvalue weighted by Crippen LogP contribution is -2.17. The highest BCUT2D eigenvalue weighted by Crippen LogP contribution is 2.20. The monoisotopic (exact) mass is 173 g/mol. The third-order valence-electron chi connectivity index (χ3n) is 2.33. The quantitative estimate of drug-likeness (QED) is 0.600. The maximum atomic E-state index is 8.52. The summed E-state index contributed by atoms with van der Waals surface area (Å²) in [7, 11) is 0. The number of rotatable bonds is 5. The van der Waals surface area contributed by atoms with E-state index in [1.807, 2.05) is 0 Å². The number of nitrogens with two attached hydrogens (primary N) is 1. The predicted molar refractivity (Wildman–Crippen MR) is 47.9 cm³/mol. The highest BCUT2D eigenvalue weighted by Gasteiger charge is 2.21. The van der Waals surface area contributed by atoms with E-state index in [9.17, 15) is 0 Å². The molecule has 2 unspecified atom stereocenters. The molecule has 1 saturated carbocycles. The molecule has 3 nitrogen and oxygen atoms in total. The predicted octanol–water partition coefficient (Wildman–Crippen LogP) is 0.655. The second-order valence-corrected chi connectivity index (χ2v) is 3.50. The molecule has 0 spiro atoms. The van der Waals surface area contributed by atoms with Crippen LogP contribution in [-0.4, -0.2) is 30.5 Å². The first-order valence-electron chi connectivity index (χ1n) is 4.81. The summed E-state index contributed by atoms with van der Waals surface area (Å²) in [6.07, 6.45) is 5.42. The van der Waals surface area contributed by atoms with Crippen molar-refractivity contribution >= 4 is 0 Å². The Kier molecular flexibility index (Phi) is 4.58. The van der Waals surface area contributed by atoms with Gasteiger partial charge in [-0.1, -0.05) is 0 Å². The van der Waals surface area contributed by atoms with E-state index in [1.54, 1.807) is 0 Å². The Balaban J connectivity index is 1.93. The Bertz CT molecular complexity index is 119. The van der Waals surface area contributed by atoms with Crippen molar-refractivity contribution in [2.24, 2.45) is 5.73 Å². The summed E-state index contributed by atoms with van der Waals surface area (Å²) < 4.78 is 5.58. The molecule has 1 aliphatic carbocycles. The van der Waals surface area contributed by atoms with Gasteiger partial charge in [0, 0.05) is 19.3 Å². The summed E-state index contributed by atoms with van der Waals surface area (Å²) in [4.78, 5) is 0. The Hall–Kier alpha value is -0.120. The molecule has 1 aliphatic rings. The molecule has 0 radical (unpaired) electrons. The molecular weight excluding hydrogens is 154 g/mol. The van der Waals surface area contributed by atoms with Crippen molar-refractivity contribution in [3.05, 3.63) is 0 Å². The molecule has 1 rings (SSSR count). The number of ether oxygens (including phenoxy) is 1. The van der Waals surface area contributed by atoms with Gasteiger partial charge in [0.05, 0.1) is 6.10 Å². The maximum Gasteiger partial charge on any atom is 0.0590 e. The lowest BCUT2D eigenvalue weighted by atomic mass is 10.3. The first-order valence-corrected chi connectivity index (χ1v) is 4.81. The van der Waals surface area contributed by atoms with Crippen LogP contribution in [0.5, 0.6) is 0 Å². The van der Waals surface area contributed by atoms with Gasteiger partial charge in [-0.05, 0) is 32.1 Å². The van der Waals surface area contributed by atoms with Crippen LogP contribution in [0.25, 0.3) is 0 Å². The molecular formula is C9H19NO2. The third-order valence-corrected chi connectivity index (χ3v) is 2.33. The third kappa shape index (κ3) is 3.52. The summed E-state index contributed by atoms with van der Waals surface area (Å²) in [6.45, 7) is 1.05. The van der Waals surface area contributed by atoms with Crippen LogP contribution in [0.2, 0.25) is 0 Å². The minimum Gasteiger partial charge on any atom is -0.396 e. The minimum absolute atomic E-state index is 0.271. The molecule has 0 aromatic heterocycles. The van der Waals surface area contributed by atoms with Crippen LogP contribution in [-0.2, 0) is 4.74 Å². The van der Waals surface area contributed by atoms with Gasteiger partial charge in [0.1, 0.15) is 0 Å². The van der Waals surface area contributed by atoms with E-state index >= 15 is 0 Å². The Labute approximate surface area is 73.9 Å². The van der Waals surface area contributed by atoms with Crippen molar-refractivity contribution in [3.63, 3.8) is 0 Å². The smallest absolute Gasteiger partial charge is 0.0590 e. The fourth-order valence-electron chi connectivity index (χ4n) is 1.59. The van der Waals surface area contributed by atoms with Crippen LogP contribution in [0, 0.1) is 0 Å². The van der Waals surface area contributed by atoms with Crippen LogP contribution < -0.4 is 5.73 Å². The fraction of sp³-hybridized carbons (Fsp3) is 1.00. The minimum atomic E-state index is 0.271. The second-order valence-electron chi connectivity index (χ2n) is 3.50. The van der Waals surface area contributed by atoms with Crippen molar-refractivity contribution in [3.8, 4) is 0 Å². The number of aliphatic hydroxyl groups is 1. The fourth-order valence-corrected chi connectivity index (χ4v) is 1.59. The van der Waals surface area contributed by atoms with Crippen LogP contribution >= 0.6 is 0 Å². The average molecular weight is 173 g/mol. The lowest BCUT2D eigenvalue weighted by molar-refractivity contribution is 0.0528. The maximum absolute atomic E-state index is 8.52. The van der Waals surface area contributed by atoms with E-state index in [1.165, 1.54) is 0 Å². The molecule has 0 bridgehead atoms. The molecule has 0 aromatic carbocycles. The van der Waals surface area contributed by atoms with Gasteiger partial charge < -0.3 is 15.6 Å². The summed E-state index contributed by atoms with van der Waals surface area (Å²) >= 11 is 0. The van der Waals surface area contributed by atoms with Crippen LogP contribution in [0.4, 0.5) is 0 Å². The van der Waals surface area contributed by atoms with Gasteiger partial charge in [-0.15, -0.1) is 0 Å². The van der Waals surface area contributed by atoms with Crippen molar-refractivity contribution in [1.82, 2.24) is 0 Å². The number of unbranched alkanes of at least 4 members (excludes halogenated alkanes) is 1. The Morgan fingerprint density at radius 2 is 2.17 bits per heavy atom. The standard InChI is InChI=1S/C9H19NO2/c10-8-3-4-9(7-8)12-6-2-1-5-11/h8-9,11H,1-7,10H2. The molecule has 0 aliphatic heterocycles.